The third kappa shape index (κ3) is 2.74. The summed E-state index contributed by atoms with van der Waals surface area (Å²) in [5.74, 6) is 0.642. The highest BCUT2D eigenvalue weighted by atomic mass is 16.5. The third-order valence-corrected chi connectivity index (χ3v) is 5.52. The second-order valence-corrected chi connectivity index (χ2v) is 6.86. The second-order valence-electron chi connectivity index (χ2n) is 6.86. The predicted octanol–water partition coefficient (Wildman–Crippen LogP) is 0.216. The highest BCUT2D eigenvalue weighted by Crippen LogP contribution is 2.41. The molecule has 1 aromatic heterocycles. The van der Waals surface area contributed by atoms with E-state index in [1.807, 2.05) is 16.7 Å². The highest BCUT2D eigenvalue weighted by molar-refractivity contribution is 5.19. The largest absolute Gasteiger partial charge is 0.394 e. The molecule has 4 rings (SSSR count). The lowest BCUT2D eigenvalue weighted by molar-refractivity contribution is 0.00312. The lowest BCUT2D eigenvalue weighted by atomic mass is 9.78. The third-order valence-electron chi connectivity index (χ3n) is 5.52. The van der Waals surface area contributed by atoms with Gasteiger partial charge in [-0.2, -0.15) is 0 Å². The van der Waals surface area contributed by atoms with E-state index >= 15 is 0 Å². The number of hydrogen-bond acceptors (Lipinski definition) is 5. The Labute approximate surface area is 135 Å². The Morgan fingerprint density at radius 3 is 2.70 bits per heavy atom. The summed E-state index contributed by atoms with van der Waals surface area (Å²) in [4.78, 5) is 14.7. The van der Waals surface area contributed by atoms with Crippen molar-refractivity contribution in [2.45, 2.75) is 24.4 Å². The van der Waals surface area contributed by atoms with Crippen LogP contribution in [0.25, 0.3) is 0 Å². The van der Waals surface area contributed by atoms with Crippen LogP contribution in [0.2, 0.25) is 0 Å². The maximum Gasteiger partial charge on any atom is 0.251 e. The van der Waals surface area contributed by atoms with Crippen LogP contribution in [0.5, 0.6) is 0 Å². The number of aliphatic hydroxyl groups excluding tert-OH is 1. The quantitative estimate of drug-likeness (QED) is 0.844. The molecule has 1 N–H and O–H groups in total. The molecule has 3 aliphatic heterocycles. The molecule has 6 heteroatoms. The molecule has 2 saturated heterocycles. The van der Waals surface area contributed by atoms with Gasteiger partial charge in [0, 0.05) is 30.8 Å². The summed E-state index contributed by atoms with van der Waals surface area (Å²) < 4.78 is 13.1. The predicted molar refractivity (Wildman–Crippen MR) is 84.7 cm³/mol. The average molecular weight is 320 g/mol. The Hall–Kier alpha value is -1.21. The van der Waals surface area contributed by atoms with Crippen molar-refractivity contribution < 1.29 is 14.6 Å². The second kappa shape index (κ2) is 6.36. The van der Waals surface area contributed by atoms with E-state index < -0.39 is 0 Å². The van der Waals surface area contributed by atoms with Crippen molar-refractivity contribution >= 4 is 0 Å². The summed E-state index contributed by atoms with van der Waals surface area (Å²) in [7, 11) is 0. The Morgan fingerprint density at radius 1 is 1.17 bits per heavy atom. The molecule has 0 aromatic carbocycles. The number of rotatable bonds is 2. The molecule has 1 aromatic rings. The van der Waals surface area contributed by atoms with Gasteiger partial charge in [0.2, 0.25) is 0 Å². The molecular weight excluding hydrogens is 296 g/mol. The Kier molecular flexibility index (Phi) is 4.24. The van der Waals surface area contributed by atoms with Gasteiger partial charge in [0.1, 0.15) is 0 Å². The van der Waals surface area contributed by atoms with Crippen molar-refractivity contribution in [1.29, 1.82) is 0 Å². The Bertz CT molecular complexity index is 609. The molecule has 2 bridgehead atoms. The summed E-state index contributed by atoms with van der Waals surface area (Å²) in [5, 5.41) is 9.89. The van der Waals surface area contributed by atoms with Crippen LogP contribution in [-0.2, 0) is 9.47 Å². The van der Waals surface area contributed by atoms with Crippen LogP contribution >= 0.6 is 0 Å². The van der Waals surface area contributed by atoms with Crippen LogP contribution in [0.4, 0.5) is 0 Å². The van der Waals surface area contributed by atoms with E-state index in [0.29, 0.717) is 38.3 Å². The number of aromatic nitrogens is 1. The van der Waals surface area contributed by atoms with Gasteiger partial charge in [-0.15, -0.1) is 0 Å². The number of piperidine rings is 1. The van der Waals surface area contributed by atoms with Crippen molar-refractivity contribution in [3.8, 4) is 0 Å². The first-order valence-corrected chi connectivity index (χ1v) is 8.49. The zero-order chi connectivity index (χ0) is 15.8. The maximum absolute atomic E-state index is 12.3. The van der Waals surface area contributed by atoms with Crippen molar-refractivity contribution in [1.82, 2.24) is 9.47 Å². The topological polar surface area (TPSA) is 63.9 Å². The molecule has 0 spiro atoms. The van der Waals surface area contributed by atoms with Crippen LogP contribution in [0, 0.1) is 5.92 Å². The van der Waals surface area contributed by atoms with E-state index in [1.54, 1.807) is 6.07 Å². The van der Waals surface area contributed by atoms with Crippen molar-refractivity contribution in [3.63, 3.8) is 0 Å². The van der Waals surface area contributed by atoms with E-state index in [-0.39, 0.29) is 24.2 Å². The highest BCUT2D eigenvalue weighted by Gasteiger charge is 2.42. The smallest absolute Gasteiger partial charge is 0.251 e. The molecule has 0 saturated carbocycles. The van der Waals surface area contributed by atoms with Gasteiger partial charge >= 0.3 is 0 Å². The Morgan fingerprint density at radius 2 is 1.96 bits per heavy atom. The lowest BCUT2D eigenvalue weighted by Gasteiger charge is -2.48. The normalized spacial score (nSPS) is 32.3. The van der Waals surface area contributed by atoms with E-state index in [4.69, 9.17) is 9.47 Å². The first-order chi connectivity index (χ1) is 11.3. The molecule has 0 unspecified atom stereocenters. The zero-order valence-corrected chi connectivity index (χ0v) is 13.3. The van der Waals surface area contributed by atoms with Gasteiger partial charge in [-0.1, -0.05) is 6.07 Å². The molecule has 126 valence electrons. The first kappa shape index (κ1) is 15.3. The summed E-state index contributed by atoms with van der Waals surface area (Å²) in [5.41, 5.74) is 1.07. The summed E-state index contributed by atoms with van der Waals surface area (Å²) >= 11 is 0. The van der Waals surface area contributed by atoms with Crippen LogP contribution in [-0.4, -0.2) is 66.7 Å². The van der Waals surface area contributed by atoms with E-state index in [9.17, 15) is 9.90 Å². The standard InChI is InChI=1S/C17H24N2O4/c20-9-16-13-6-12(15-2-1-3-17(21)19(15)16)7-18(8-13)14-10-22-4-5-23-11-14/h1-3,12-14,16,20H,4-11H2/t12-,13+,16+/m1/s1. The number of hydrogen-bond donors (Lipinski definition) is 1. The van der Waals surface area contributed by atoms with Gasteiger partial charge in [-0.3, -0.25) is 9.69 Å². The summed E-state index contributed by atoms with van der Waals surface area (Å²) in [6.07, 6.45) is 1.04. The number of fused-ring (bicyclic) bond motifs is 4. The van der Waals surface area contributed by atoms with E-state index in [0.717, 1.165) is 25.2 Å². The van der Waals surface area contributed by atoms with Gasteiger partial charge in [0.25, 0.3) is 5.56 Å². The molecule has 0 radical (unpaired) electrons. The lowest BCUT2D eigenvalue weighted by Crippen LogP contribution is -2.54. The van der Waals surface area contributed by atoms with Crippen molar-refractivity contribution in [3.05, 3.63) is 34.2 Å². The monoisotopic (exact) mass is 320 g/mol. The number of nitrogens with zero attached hydrogens (tertiary/aromatic N) is 2. The molecule has 23 heavy (non-hydrogen) atoms. The molecule has 0 aliphatic carbocycles. The molecule has 6 nitrogen and oxygen atoms in total. The molecule has 3 aliphatic rings. The van der Waals surface area contributed by atoms with E-state index in [2.05, 4.69) is 4.90 Å². The van der Waals surface area contributed by atoms with Gasteiger partial charge in [0.05, 0.1) is 45.1 Å². The minimum Gasteiger partial charge on any atom is -0.394 e. The first-order valence-electron chi connectivity index (χ1n) is 8.49. The number of ether oxygens (including phenoxy) is 2. The summed E-state index contributed by atoms with van der Waals surface area (Å²) in [6, 6.07) is 5.61. The minimum absolute atomic E-state index is 0.00540. The number of likely N-dealkylation sites (tertiary alicyclic amines) is 1. The number of pyridine rings is 1. The minimum atomic E-state index is -0.120. The van der Waals surface area contributed by atoms with Gasteiger partial charge in [-0.25, -0.2) is 0 Å². The van der Waals surface area contributed by atoms with Crippen LogP contribution < -0.4 is 5.56 Å². The molecular formula is C17H24N2O4. The van der Waals surface area contributed by atoms with Gasteiger partial charge in [0.15, 0.2) is 0 Å². The van der Waals surface area contributed by atoms with Crippen molar-refractivity contribution in [2.75, 3.05) is 46.1 Å². The SMILES string of the molecule is O=c1cccc2n1[C@@H](CO)[C@H]1C[C@@H]2CN(C2COCCOC2)C1. The fraction of sp³-hybridized carbons (Fsp3) is 0.706. The zero-order valence-electron chi connectivity index (χ0n) is 13.3. The van der Waals surface area contributed by atoms with Crippen molar-refractivity contribution in [2.24, 2.45) is 5.92 Å². The molecule has 2 fully saturated rings. The van der Waals surface area contributed by atoms with Gasteiger partial charge in [-0.05, 0) is 18.4 Å². The van der Waals surface area contributed by atoms with Gasteiger partial charge < -0.3 is 19.1 Å². The fourth-order valence-corrected chi connectivity index (χ4v) is 4.43. The van der Waals surface area contributed by atoms with Crippen LogP contribution in [0.1, 0.15) is 24.1 Å². The average Bonchev–Trinajstić information content (AvgIpc) is 2.85. The van der Waals surface area contributed by atoms with Crippen LogP contribution in [0.15, 0.2) is 23.0 Å². The fourth-order valence-electron chi connectivity index (χ4n) is 4.43. The molecule has 4 heterocycles. The van der Waals surface area contributed by atoms with Crippen LogP contribution in [0.3, 0.4) is 0 Å². The Balaban J connectivity index is 1.64. The maximum atomic E-state index is 12.3. The van der Waals surface area contributed by atoms with E-state index in [1.165, 1.54) is 0 Å². The molecule has 3 atom stereocenters. The molecule has 0 amide bonds. The number of aliphatic hydroxyl groups is 1. The summed E-state index contributed by atoms with van der Waals surface area (Å²) in [6.45, 7) is 4.55.